The van der Waals surface area contributed by atoms with Crippen molar-refractivity contribution in [1.82, 2.24) is 25.0 Å². The van der Waals surface area contributed by atoms with Crippen LogP contribution in [0.4, 0.5) is 0 Å². The van der Waals surface area contributed by atoms with Gasteiger partial charge in [-0.25, -0.2) is 9.67 Å². The highest BCUT2D eigenvalue weighted by Gasteiger charge is 2.06. The average Bonchev–Trinajstić information content (AvgIpc) is 2.93. The fourth-order valence-electron chi connectivity index (χ4n) is 2.30. The Balaban J connectivity index is 2.04. The number of fused-ring (bicyclic) bond motifs is 3. The number of benzene rings is 1. The molecule has 3 aromatic heterocycles. The van der Waals surface area contributed by atoms with Crippen LogP contribution >= 0.6 is 0 Å². The Labute approximate surface area is 114 Å². The molecule has 5 nitrogen and oxygen atoms in total. The number of aromatic nitrogens is 5. The third-order valence-corrected chi connectivity index (χ3v) is 3.26. The normalized spacial score (nSPS) is 11.2. The van der Waals surface area contributed by atoms with Crippen LogP contribution in [-0.2, 0) is 0 Å². The molecule has 0 unspecified atom stereocenters. The van der Waals surface area contributed by atoms with Crippen molar-refractivity contribution in [1.29, 1.82) is 0 Å². The highest BCUT2D eigenvalue weighted by atomic mass is 15.4. The zero-order valence-corrected chi connectivity index (χ0v) is 10.9. The molecule has 0 N–H and O–H groups in total. The second kappa shape index (κ2) is 4.09. The maximum atomic E-state index is 4.68. The van der Waals surface area contributed by atoms with Crippen LogP contribution in [0.1, 0.15) is 5.69 Å². The molecule has 0 spiro atoms. The Morgan fingerprint density at radius 3 is 2.55 bits per heavy atom. The SMILES string of the molecule is Cc1cn(-c2ccc3ccc4cccnc4c3n2)nn1. The van der Waals surface area contributed by atoms with Crippen LogP contribution in [0.2, 0.25) is 0 Å². The summed E-state index contributed by atoms with van der Waals surface area (Å²) in [5.41, 5.74) is 2.65. The van der Waals surface area contributed by atoms with E-state index in [2.05, 4.69) is 32.4 Å². The van der Waals surface area contributed by atoms with Crippen molar-refractivity contribution in [3.63, 3.8) is 0 Å². The molecule has 0 aliphatic heterocycles. The molecule has 0 atom stereocenters. The quantitative estimate of drug-likeness (QED) is 0.494. The molecule has 20 heavy (non-hydrogen) atoms. The first kappa shape index (κ1) is 11.0. The maximum absolute atomic E-state index is 4.68. The van der Waals surface area contributed by atoms with Gasteiger partial charge in [-0.3, -0.25) is 4.98 Å². The lowest BCUT2D eigenvalue weighted by Crippen LogP contribution is -1.99. The minimum absolute atomic E-state index is 0.747. The van der Waals surface area contributed by atoms with E-state index >= 15 is 0 Å². The summed E-state index contributed by atoms with van der Waals surface area (Å²) in [5, 5.41) is 10.2. The first-order chi connectivity index (χ1) is 9.81. The molecule has 5 heteroatoms. The molecule has 3 heterocycles. The summed E-state index contributed by atoms with van der Waals surface area (Å²) in [6, 6.07) is 12.1. The van der Waals surface area contributed by atoms with Crippen LogP contribution in [0.25, 0.3) is 27.6 Å². The van der Waals surface area contributed by atoms with E-state index in [9.17, 15) is 0 Å². The van der Waals surface area contributed by atoms with Gasteiger partial charge in [0.1, 0.15) is 0 Å². The third-order valence-electron chi connectivity index (χ3n) is 3.26. The van der Waals surface area contributed by atoms with E-state index < -0.39 is 0 Å². The number of rotatable bonds is 1. The summed E-state index contributed by atoms with van der Waals surface area (Å²) in [7, 11) is 0. The summed E-state index contributed by atoms with van der Waals surface area (Å²) < 4.78 is 1.68. The van der Waals surface area contributed by atoms with Gasteiger partial charge in [0.15, 0.2) is 5.82 Å². The first-order valence-electron chi connectivity index (χ1n) is 6.35. The second-order valence-corrected chi connectivity index (χ2v) is 4.69. The van der Waals surface area contributed by atoms with Gasteiger partial charge in [0.2, 0.25) is 0 Å². The van der Waals surface area contributed by atoms with Gasteiger partial charge in [-0.05, 0) is 25.1 Å². The van der Waals surface area contributed by atoms with E-state index in [0.717, 1.165) is 33.3 Å². The minimum Gasteiger partial charge on any atom is -0.254 e. The van der Waals surface area contributed by atoms with Gasteiger partial charge >= 0.3 is 0 Å². The van der Waals surface area contributed by atoms with Crippen molar-refractivity contribution in [3.05, 3.63) is 54.5 Å². The van der Waals surface area contributed by atoms with E-state index in [4.69, 9.17) is 0 Å². The second-order valence-electron chi connectivity index (χ2n) is 4.69. The number of hydrogen-bond acceptors (Lipinski definition) is 4. The van der Waals surface area contributed by atoms with Gasteiger partial charge in [0, 0.05) is 17.0 Å². The van der Waals surface area contributed by atoms with Crippen molar-refractivity contribution in [3.8, 4) is 5.82 Å². The molecule has 4 aromatic rings. The molecule has 0 amide bonds. The van der Waals surface area contributed by atoms with Crippen molar-refractivity contribution in [2.45, 2.75) is 6.92 Å². The van der Waals surface area contributed by atoms with E-state index in [1.807, 2.05) is 37.4 Å². The Morgan fingerprint density at radius 1 is 0.950 bits per heavy atom. The highest BCUT2D eigenvalue weighted by Crippen LogP contribution is 2.22. The Bertz CT molecular complexity index is 926. The largest absolute Gasteiger partial charge is 0.254 e. The molecule has 0 bridgehead atoms. The summed E-state index contributed by atoms with van der Waals surface area (Å²) >= 11 is 0. The van der Waals surface area contributed by atoms with Gasteiger partial charge < -0.3 is 0 Å². The van der Waals surface area contributed by atoms with E-state index in [-0.39, 0.29) is 0 Å². The smallest absolute Gasteiger partial charge is 0.155 e. The van der Waals surface area contributed by atoms with E-state index in [0.29, 0.717) is 0 Å². The number of nitrogens with zero attached hydrogens (tertiary/aromatic N) is 5. The number of aryl methyl sites for hydroxylation is 1. The summed E-state index contributed by atoms with van der Waals surface area (Å²) in [4.78, 5) is 9.13. The first-order valence-corrected chi connectivity index (χ1v) is 6.35. The zero-order valence-electron chi connectivity index (χ0n) is 10.9. The predicted molar refractivity (Wildman–Crippen MR) is 76.7 cm³/mol. The molecule has 0 fully saturated rings. The summed E-state index contributed by atoms with van der Waals surface area (Å²) in [6.07, 6.45) is 3.64. The summed E-state index contributed by atoms with van der Waals surface area (Å²) in [6.45, 7) is 1.90. The van der Waals surface area contributed by atoms with Crippen molar-refractivity contribution < 1.29 is 0 Å². The fourth-order valence-corrected chi connectivity index (χ4v) is 2.30. The van der Waals surface area contributed by atoms with Crippen LogP contribution < -0.4 is 0 Å². The van der Waals surface area contributed by atoms with Gasteiger partial charge in [0.05, 0.1) is 22.9 Å². The van der Waals surface area contributed by atoms with Crippen LogP contribution in [0.15, 0.2) is 48.8 Å². The van der Waals surface area contributed by atoms with E-state index in [1.165, 1.54) is 0 Å². The highest BCUT2D eigenvalue weighted by molar-refractivity contribution is 6.02. The molecular formula is C15H11N5. The topological polar surface area (TPSA) is 56.5 Å². The lowest BCUT2D eigenvalue weighted by molar-refractivity contribution is 0.783. The number of hydrogen-bond donors (Lipinski definition) is 0. The molecule has 1 aromatic carbocycles. The Kier molecular flexibility index (Phi) is 2.26. The molecule has 96 valence electrons. The molecule has 0 aliphatic rings. The molecular weight excluding hydrogens is 250 g/mol. The molecule has 0 radical (unpaired) electrons. The van der Waals surface area contributed by atoms with Crippen LogP contribution in [-0.4, -0.2) is 25.0 Å². The van der Waals surface area contributed by atoms with Crippen molar-refractivity contribution >= 4 is 21.8 Å². The zero-order chi connectivity index (χ0) is 13.5. The van der Waals surface area contributed by atoms with Crippen molar-refractivity contribution in [2.24, 2.45) is 0 Å². The fraction of sp³-hybridized carbons (Fsp3) is 0.0667. The molecule has 0 saturated carbocycles. The lowest BCUT2D eigenvalue weighted by atomic mass is 10.1. The van der Waals surface area contributed by atoms with Crippen LogP contribution in [0.5, 0.6) is 0 Å². The standard InChI is InChI=1S/C15H11N5/c1-10-9-20(19-18-10)13-7-6-12-5-4-11-3-2-8-16-14(11)15(12)17-13/h2-9H,1H3. The maximum Gasteiger partial charge on any atom is 0.155 e. The van der Waals surface area contributed by atoms with Gasteiger partial charge in [-0.1, -0.05) is 23.4 Å². The van der Waals surface area contributed by atoms with Crippen LogP contribution in [0, 0.1) is 6.92 Å². The monoisotopic (exact) mass is 261 g/mol. The predicted octanol–water partition coefficient (Wildman–Crippen LogP) is 2.67. The van der Waals surface area contributed by atoms with Gasteiger partial charge in [0.25, 0.3) is 0 Å². The third kappa shape index (κ3) is 1.64. The van der Waals surface area contributed by atoms with Gasteiger partial charge in [-0.15, -0.1) is 5.10 Å². The lowest BCUT2D eigenvalue weighted by Gasteiger charge is -2.04. The van der Waals surface area contributed by atoms with Gasteiger partial charge in [-0.2, -0.15) is 0 Å². The van der Waals surface area contributed by atoms with E-state index in [1.54, 1.807) is 10.9 Å². The average molecular weight is 261 g/mol. The minimum atomic E-state index is 0.747. The van der Waals surface area contributed by atoms with Crippen LogP contribution in [0.3, 0.4) is 0 Å². The molecule has 0 saturated heterocycles. The Morgan fingerprint density at radius 2 is 1.75 bits per heavy atom. The molecule has 0 aliphatic carbocycles. The Hall–Kier alpha value is -2.82. The number of pyridine rings is 2. The van der Waals surface area contributed by atoms with Crippen molar-refractivity contribution in [2.75, 3.05) is 0 Å². The molecule has 4 rings (SSSR count). The summed E-state index contributed by atoms with van der Waals surface area (Å²) in [5.74, 6) is 0.747.